The Morgan fingerprint density at radius 1 is 1.24 bits per heavy atom. The third kappa shape index (κ3) is 3.08. The number of β-amino-alcohol motifs (C(OH)–C–C–N with tert-alkyl or cyclic N) is 1. The SMILES string of the molecule is O=c1oc2cccnc2n1CCN1C[C@@H](O)C[C@@H]1c1ccc(F)cc1. The molecular formula is C18H18FN3O3. The molecule has 2 aromatic heterocycles. The van der Waals surface area contributed by atoms with Crippen LogP contribution < -0.4 is 5.76 Å². The molecule has 2 atom stereocenters. The van der Waals surface area contributed by atoms with Crippen LogP contribution in [-0.2, 0) is 6.54 Å². The molecule has 25 heavy (non-hydrogen) atoms. The van der Waals surface area contributed by atoms with E-state index in [2.05, 4.69) is 9.88 Å². The number of aliphatic hydroxyl groups is 1. The fourth-order valence-corrected chi connectivity index (χ4v) is 3.48. The maximum Gasteiger partial charge on any atom is 0.421 e. The molecule has 0 aliphatic carbocycles. The Hall–Kier alpha value is -2.51. The lowest BCUT2D eigenvalue weighted by atomic mass is 10.0. The maximum absolute atomic E-state index is 13.2. The number of aliphatic hydroxyl groups excluding tert-OH is 1. The van der Waals surface area contributed by atoms with Crippen LogP contribution in [0.15, 0.2) is 51.8 Å². The lowest BCUT2D eigenvalue weighted by Crippen LogP contribution is -2.30. The van der Waals surface area contributed by atoms with Crippen LogP contribution in [0, 0.1) is 5.82 Å². The van der Waals surface area contributed by atoms with Crippen molar-refractivity contribution in [1.29, 1.82) is 0 Å². The lowest BCUT2D eigenvalue weighted by molar-refractivity contribution is 0.173. The number of nitrogens with zero attached hydrogens (tertiary/aromatic N) is 3. The summed E-state index contributed by atoms with van der Waals surface area (Å²) in [5, 5.41) is 10.1. The number of aromatic nitrogens is 2. The molecule has 1 aromatic carbocycles. The number of halogens is 1. The molecule has 1 aliphatic rings. The highest BCUT2D eigenvalue weighted by Gasteiger charge is 2.32. The first-order valence-electron chi connectivity index (χ1n) is 8.24. The molecule has 1 N–H and O–H groups in total. The van der Waals surface area contributed by atoms with Gasteiger partial charge < -0.3 is 9.52 Å². The van der Waals surface area contributed by atoms with Gasteiger partial charge in [-0.3, -0.25) is 9.47 Å². The van der Waals surface area contributed by atoms with Crippen molar-refractivity contribution in [2.24, 2.45) is 0 Å². The zero-order chi connectivity index (χ0) is 17.4. The van der Waals surface area contributed by atoms with Gasteiger partial charge in [-0.25, -0.2) is 14.2 Å². The number of hydrogen-bond acceptors (Lipinski definition) is 5. The zero-order valence-electron chi connectivity index (χ0n) is 13.5. The monoisotopic (exact) mass is 343 g/mol. The van der Waals surface area contributed by atoms with Crippen LogP contribution in [0.3, 0.4) is 0 Å². The predicted octanol–water partition coefficient (Wildman–Crippen LogP) is 1.94. The van der Waals surface area contributed by atoms with Crippen molar-refractivity contribution in [2.45, 2.75) is 25.1 Å². The van der Waals surface area contributed by atoms with Gasteiger partial charge in [0, 0.05) is 31.9 Å². The molecule has 0 radical (unpaired) electrons. The third-order valence-corrected chi connectivity index (χ3v) is 4.67. The molecule has 3 aromatic rings. The average Bonchev–Trinajstić information content (AvgIpc) is 3.13. The second kappa shape index (κ2) is 6.42. The molecule has 0 unspecified atom stereocenters. The van der Waals surface area contributed by atoms with Crippen LogP contribution in [0.25, 0.3) is 11.2 Å². The quantitative estimate of drug-likeness (QED) is 0.784. The second-order valence-electron chi connectivity index (χ2n) is 6.30. The van der Waals surface area contributed by atoms with Gasteiger partial charge in [0.1, 0.15) is 5.82 Å². The van der Waals surface area contributed by atoms with Gasteiger partial charge in [-0.1, -0.05) is 12.1 Å². The average molecular weight is 343 g/mol. The van der Waals surface area contributed by atoms with Gasteiger partial charge in [0.15, 0.2) is 11.2 Å². The van der Waals surface area contributed by atoms with Crippen molar-refractivity contribution in [2.75, 3.05) is 13.1 Å². The normalized spacial score (nSPS) is 21.2. The molecule has 1 fully saturated rings. The Balaban J connectivity index is 1.55. The van der Waals surface area contributed by atoms with E-state index in [1.54, 1.807) is 30.5 Å². The van der Waals surface area contributed by atoms with Gasteiger partial charge in [-0.05, 0) is 36.2 Å². The minimum absolute atomic E-state index is 0.00238. The molecule has 4 rings (SSSR count). The van der Waals surface area contributed by atoms with E-state index >= 15 is 0 Å². The summed E-state index contributed by atoms with van der Waals surface area (Å²) in [6.45, 7) is 1.48. The second-order valence-corrected chi connectivity index (χ2v) is 6.30. The minimum atomic E-state index is -0.439. The van der Waals surface area contributed by atoms with Crippen LogP contribution in [0.5, 0.6) is 0 Å². The molecule has 0 bridgehead atoms. The van der Waals surface area contributed by atoms with Crippen LogP contribution in [-0.4, -0.2) is 38.8 Å². The molecule has 0 spiro atoms. The number of hydrogen-bond donors (Lipinski definition) is 1. The van der Waals surface area contributed by atoms with E-state index in [9.17, 15) is 14.3 Å². The van der Waals surface area contributed by atoms with Crippen molar-refractivity contribution >= 4 is 11.2 Å². The summed E-state index contributed by atoms with van der Waals surface area (Å²) >= 11 is 0. The zero-order valence-corrected chi connectivity index (χ0v) is 13.5. The van der Waals surface area contributed by atoms with Gasteiger partial charge in [0.05, 0.1) is 6.10 Å². The lowest BCUT2D eigenvalue weighted by Gasteiger charge is -2.24. The summed E-state index contributed by atoms with van der Waals surface area (Å²) in [4.78, 5) is 18.4. The third-order valence-electron chi connectivity index (χ3n) is 4.67. The van der Waals surface area contributed by atoms with Crippen molar-refractivity contribution < 1.29 is 13.9 Å². The van der Waals surface area contributed by atoms with Gasteiger partial charge in [-0.2, -0.15) is 0 Å². The molecular weight excluding hydrogens is 325 g/mol. The summed E-state index contributed by atoms with van der Waals surface area (Å²) < 4.78 is 19.9. The van der Waals surface area contributed by atoms with E-state index in [1.807, 2.05) is 0 Å². The van der Waals surface area contributed by atoms with Crippen LogP contribution in [0.2, 0.25) is 0 Å². The van der Waals surface area contributed by atoms with Crippen LogP contribution in [0.4, 0.5) is 4.39 Å². The molecule has 0 saturated carbocycles. The predicted molar refractivity (Wildman–Crippen MR) is 89.6 cm³/mol. The molecule has 0 amide bonds. The van der Waals surface area contributed by atoms with Gasteiger partial charge in [0.25, 0.3) is 0 Å². The Morgan fingerprint density at radius 3 is 2.84 bits per heavy atom. The smallest absolute Gasteiger partial charge is 0.406 e. The standard InChI is InChI=1S/C18H18FN3O3/c19-13-5-3-12(4-6-13)15-10-14(23)11-21(15)8-9-22-17-16(25-18(22)24)2-1-7-20-17/h1-7,14-15,23H,8-11H2/t14-,15+/m0/s1. The first kappa shape index (κ1) is 16.0. The van der Waals surface area contributed by atoms with Crippen molar-refractivity contribution in [1.82, 2.24) is 14.5 Å². The highest BCUT2D eigenvalue weighted by atomic mass is 19.1. The fourth-order valence-electron chi connectivity index (χ4n) is 3.48. The maximum atomic E-state index is 13.2. The Morgan fingerprint density at radius 2 is 2.04 bits per heavy atom. The summed E-state index contributed by atoms with van der Waals surface area (Å²) in [7, 11) is 0. The summed E-state index contributed by atoms with van der Waals surface area (Å²) in [5.74, 6) is -0.719. The minimum Gasteiger partial charge on any atom is -0.406 e. The molecule has 1 saturated heterocycles. The Kier molecular flexibility index (Phi) is 4.10. The van der Waals surface area contributed by atoms with E-state index in [0.29, 0.717) is 37.3 Å². The molecule has 6 nitrogen and oxygen atoms in total. The molecule has 130 valence electrons. The van der Waals surface area contributed by atoms with Gasteiger partial charge in [0.2, 0.25) is 0 Å². The first-order valence-corrected chi connectivity index (χ1v) is 8.24. The largest absolute Gasteiger partial charge is 0.421 e. The van der Waals surface area contributed by atoms with Crippen molar-refractivity contribution in [3.8, 4) is 0 Å². The van der Waals surface area contributed by atoms with E-state index in [4.69, 9.17) is 4.42 Å². The van der Waals surface area contributed by atoms with E-state index in [-0.39, 0.29) is 11.9 Å². The van der Waals surface area contributed by atoms with Crippen molar-refractivity contribution in [3.05, 3.63) is 64.5 Å². The van der Waals surface area contributed by atoms with Gasteiger partial charge >= 0.3 is 5.76 Å². The number of pyridine rings is 1. The van der Waals surface area contributed by atoms with Gasteiger partial charge in [-0.15, -0.1) is 0 Å². The molecule has 3 heterocycles. The Bertz CT molecular complexity index is 935. The van der Waals surface area contributed by atoms with Crippen molar-refractivity contribution in [3.63, 3.8) is 0 Å². The van der Waals surface area contributed by atoms with Crippen LogP contribution in [0.1, 0.15) is 18.0 Å². The van der Waals surface area contributed by atoms with E-state index < -0.39 is 11.9 Å². The summed E-state index contributed by atoms with van der Waals surface area (Å²) in [6.07, 6.45) is 1.77. The van der Waals surface area contributed by atoms with E-state index in [1.165, 1.54) is 16.7 Å². The highest BCUT2D eigenvalue weighted by Crippen LogP contribution is 2.32. The molecule has 7 heteroatoms. The number of benzene rings is 1. The topological polar surface area (TPSA) is 71.5 Å². The number of fused-ring (bicyclic) bond motifs is 1. The van der Waals surface area contributed by atoms with E-state index in [0.717, 1.165) is 5.56 Å². The highest BCUT2D eigenvalue weighted by molar-refractivity contribution is 5.67. The van der Waals surface area contributed by atoms with Crippen LogP contribution >= 0.6 is 0 Å². The number of likely N-dealkylation sites (tertiary alicyclic amines) is 1. The number of oxazole rings is 1. The Labute approximate surface area is 143 Å². The summed E-state index contributed by atoms with van der Waals surface area (Å²) in [6, 6.07) is 9.76. The summed E-state index contributed by atoms with van der Waals surface area (Å²) in [5.41, 5.74) is 1.94. The number of rotatable bonds is 4. The fraction of sp³-hybridized carbons (Fsp3) is 0.333. The first-order chi connectivity index (χ1) is 12.1. The molecule has 1 aliphatic heterocycles.